The Bertz CT molecular complexity index is 870. The van der Waals surface area contributed by atoms with Gasteiger partial charge in [-0.05, 0) is 22.8 Å². The summed E-state index contributed by atoms with van der Waals surface area (Å²) in [4.78, 5) is 9.04. The average Bonchev–Trinajstić information content (AvgIpc) is 2.73. The number of hydrogen-bond acceptors (Lipinski definition) is 2. The fourth-order valence-electron chi connectivity index (χ4n) is 2.85. The average molecular weight is 305 g/mol. The lowest BCUT2D eigenvalue weighted by Crippen LogP contribution is -2.04. The molecule has 106 valence electrons. The van der Waals surface area contributed by atoms with Crippen molar-refractivity contribution in [2.45, 2.75) is 6.54 Å². The van der Waals surface area contributed by atoms with E-state index < -0.39 is 0 Å². The third-order valence-corrected chi connectivity index (χ3v) is 4.09. The zero-order valence-corrected chi connectivity index (χ0v) is 12.6. The third kappa shape index (κ3) is 2.22. The number of aromatic nitrogens is 1. The Morgan fingerprint density at radius 3 is 2.36 bits per heavy atom. The third-order valence-electron chi connectivity index (χ3n) is 3.88. The molecule has 0 fully saturated rings. The Morgan fingerprint density at radius 1 is 0.818 bits per heavy atom. The quantitative estimate of drug-likeness (QED) is 0.595. The Balaban J connectivity index is 1.98. The molecule has 0 bridgehead atoms. The first-order valence-electron chi connectivity index (χ1n) is 7.17. The molecule has 2 heterocycles. The van der Waals surface area contributed by atoms with Crippen LogP contribution in [0, 0.1) is 0 Å². The van der Waals surface area contributed by atoms with Crippen molar-refractivity contribution in [3.8, 4) is 11.1 Å². The Hall–Kier alpha value is -2.45. The van der Waals surface area contributed by atoms with Crippen LogP contribution in [0.25, 0.3) is 11.1 Å². The van der Waals surface area contributed by atoms with E-state index in [2.05, 4.69) is 29.2 Å². The van der Waals surface area contributed by atoms with Crippen molar-refractivity contribution in [3.63, 3.8) is 0 Å². The minimum atomic E-state index is 0.511. The predicted molar refractivity (Wildman–Crippen MR) is 90.5 cm³/mol. The normalized spacial score (nSPS) is 12.9. The zero-order chi connectivity index (χ0) is 14.9. The fourth-order valence-corrected chi connectivity index (χ4v) is 3.01. The first-order valence-corrected chi connectivity index (χ1v) is 7.55. The van der Waals surface area contributed by atoms with Crippen LogP contribution in [0.4, 0.5) is 0 Å². The molecule has 1 aliphatic heterocycles. The second kappa shape index (κ2) is 5.39. The van der Waals surface area contributed by atoms with E-state index in [0.29, 0.717) is 11.7 Å². The van der Waals surface area contributed by atoms with Crippen LogP contribution in [0.1, 0.15) is 16.7 Å². The number of fused-ring (bicyclic) bond motifs is 3. The van der Waals surface area contributed by atoms with Crippen LogP contribution in [0.5, 0.6) is 0 Å². The maximum atomic E-state index is 6.10. The van der Waals surface area contributed by atoms with Gasteiger partial charge in [0.05, 0.1) is 12.3 Å². The van der Waals surface area contributed by atoms with Crippen LogP contribution in [0.2, 0.25) is 5.15 Å². The Kier molecular flexibility index (Phi) is 3.24. The molecule has 0 saturated heterocycles. The maximum absolute atomic E-state index is 6.10. The number of rotatable bonds is 1. The van der Waals surface area contributed by atoms with E-state index in [1.807, 2.05) is 42.6 Å². The predicted octanol–water partition coefficient (Wildman–Crippen LogP) is 4.75. The van der Waals surface area contributed by atoms with E-state index in [0.717, 1.165) is 33.5 Å². The molecule has 0 atom stereocenters. The highest BCUT2D eigenvalue weighted by molar-refractivity contribution is 6.29. The molecule has 0 amide bonds. The molecule has 3 aromatic rings. The molecule has 2 aromatic carbocycles. The van der Waals surface area contributed by atoms with Gasteiger partial charge in [-0.15, -0.1) is 0 Å². The van der Waals surface area contributed by atoms with Crippen LogP contribution < -0.4 is 0 Å². The lowest BCUT2D eigenvalue weighted by molar-refractivity contribution is 1.06. The van der Waals surface area contributed by atoms with Gasteiger partial charge in [-0.25, -0.2) is 4.98 Å². The summed E-state index contributed by atoms with van der Waals surface area (Å²) < 4.78 is 0. The van der Waals surface area contributed by atoms with Crippen LogP contribution >= 0.6 is 11.6 Å². The smallest absolute Gasteiger partial charge is 0.129 e. The maximum Gasteiger partial charge on any atom is 0.129 e. The molecular weight excluding hydrogens is 292 g/mol. The van der Waals surface area contributed by atoms with Gasteiger partial charge in [0.2, 0.25) is 0 Å². The molecule has 0 saturated carbocycles. The van der Waals surface area contributed by atoms with Gasteiger partial charge in [-0.2, -0.15) is 0 Å². The van der Waals surface area contributed by atoms with Gasteiger partial charge in [-0.1, -0.05) is 66.2 Å². The second-order valence-corrected chi connectivity index (χ2v) is 5.63. The lowest BCUT2D eigenvalue weighted by Gasteiger charge is -2.11. The van der Waals surface area contributed by atoms with Crippen LogP contribution in [-0.4, -0.2) is 10.7 Å². The number of nitrogens with zero attached hydrogens (tertiary/aromatic N) is 2. The van der Waals surface area contributed by atoms with E-state index in [4.69, 9.17) is 16.6 Å². The summed E-state index contributed by atoms with van der Waals surface area (Å²) in [6.07, 6.45) is 1.83. The first kappa shape index (κ1) is 13.2. The molecular formula is C19H13ClN2. The SMILES string of the molecule is Clc1cc2c(cn1)CN=C(c1ccccc1)c1ccccc1-2. The number of benzene rings is 2. The molecule has 0 aliphatic carbocycles. The number of halogens is 1. The van der Waals surface area contributed by atoms with Gasteiger partial charge in [0, 0.05) is 17.3 Å². The van der Waals surface area contributed by atoms with Gasteiger partial charge in [0.15, 0.2) is 0 Å². The minimum Gasteiger partial charge on any atom is -0.279 e. The fraction of sp³-hybridized carbons (Fsp3) is 0.0526. The molecule has 0 spiro atoms. The summed E-state index contributed by atoms with van der Waals surface area (Å²) in [6, 6.07) is 20.5. The standard InChI is InChI=1S/C19H13ClN2/c20-18-10-17-14(11-21-18)12-22-19(13-6-2-1-3-7-13)16-9-5-4-8-15(16)17/h1-11H,12H2. The van der Waals surface area contributed by atoms with Crippen LogP contribution in [0.15, 0.2) is 71.9 Å². The summed E-state index contributed by atoms with van der Waals surface area (Å²) in [5.41, 5.74) is 6.65. The van der Waals surface area contributed by atoms with Crippen molar-refractivity contribution in [2.24, 2.45) is 4.99 Å². The molecule has 0 radical (unpaired) electrons. The zero-order valence-electron chi connectivity index (χ0n) is 11.8. The van der Waals surface area contributed by atoms with E-state index in [1.54, 1.807) is 0 Å². The second-order valence-electron chi connectivity index (χ2n) is 5.24. The van der Waals surface area contributed by atoms with Crippen molar-refractivity contribution in [1.82, 2.24) is 4.98 Å². The topological polar surface area (TPSA) is 25.2 Å². The molecule has 1 aromatic heterocycles. The monoisotopic (exact) mass is 304 g/mol. The van der Waals surface area contributed by atoms with Crippen molar-refractivity contribution < 1.29 is 0 Å². The molecule has 0 unspecified atom stereocenters. The molecule has 2 nitrogen and oxygen atoms in total. The van der Waals surface area contributed by atoms with E-state index in [9.17, 15) is 0 Å². The van der Waals surface area contributed by atoms with E-state index >= 15 is 0 Å². The Labute approximate surface area is 134 Å². The minimum absolute atomic E-state index is 0.511. The van der Waals surface area contributed by atoms with Gasteiger partial charge < -0.3 is 0 Å². The summed E-state index contributed by atoms with van der Waals surface area (Å²) in [7, 11) is 0. The molecule has 3 heteroatoms. The highest BCUT2D eigenvalue weighted by Crippen LogP contribution is 2.33. The highest BCUT2D eigenvalue weighted by Gasteiger charge is 2.18. The van der Waals surface area contributed by atoms with Gasteiger partial charge in [0.1, 0.15) is 5.15 Å². The number of hydrogen-bond donors (Lipinski definition) is 0. The number of aliphatic imine (C=N–C) groups is 1. The molecule has 4 rings (SSSR count). The van der Waals surface area contributed by atoms with Gasteiger partial charge >= 0.3 is 0 Å². The lowest BCUT2D eigenvalue weighted by atomic mass is 9.93. The van der Waals surface area contributed by atoms with Gasteiger partial charge in [-0.3, -0.25) is 4.99 Å². The number of pyridine rings is 1. The molecule has 22 heavy (non-hydrogen) atoms. The molecule has 0 N–H and O–H groups in total. The summed E-state index contributed by atoms with van der Waals surface area (Å²) in [5, 5.41) is 0.511. The molecule has 1 aliphatic rings. The Morgan fingerprint density at radius 2 is 1.55 bits per heavy atom. The van der Waals surface area contributed by atoms with Crippen LogP contribution in [-0.2, 0) is 6.54 Å². The van der Waals surface area contributed by atoms with E-state index in [1.165, 1.54) is 0 Å². The summed E-state index contributed by atoms with van der Waals surface area (Å²) in [5.74, 6) is 0. The summed E-state index contributed by atoms with van der Waals surface area (Å²) >= 11 is 6.10. The largest absolute Gasteiger partial charge is 0.279 e. The van der Waals surface area contributed by atoms with Crippen molar-refractivity contribution >= 4 is 17.3 Å². The van der Waals surface area contributed by atoms with Crippen LogP contribution in [0.3, 0.4) is 0 Å². The van der Waals surface area contributed by atoms with E-state index in [-0.39, 0.29) is 0 Å². The highest BCUT2D eigenvalue weighted by atomic mass is 35.5. The summed E-state index contributed by atoms with van der Waals surface area (Å²) in [6.45, 7) is 0.610. The van der Waals surface area contributed by atoms with Gasteiger partial charge in [0.25, 0.3) is 0 Å². The first-order chi connectivity index (χ1) is 10.8. The van der Waals surface area contributed by atoms with Crippen molar-refractivity contribution in [1.29, 1.82) is 0 Å². The van der Waals surface area contributed by atoms with Crippen molar-refractivity contribution in [3.05, 3.63) is 88.7 Å². The van der Waals surface area contributed by atoms with Crippen molar-refractivity contribution in [2.75, 3.05) is 0 Å².